The van der Waals surface area contributed by atoms with Crippen molar-refractivity contribution in [3.63, 3.8) is 0 Å². The summed E-state index contributed by atoms with van der Waals surface area (Å²) in [7, 11) is 0. The minimum absolute atomic E-state index is 0.296. The third-order valence-electron chi connectivity index (χ3n) is 2.87. The molecule has 1 saturated heterocycles. The lowest BCUT2D eigenvalue weighted by atomic mass is 9.99. The van der Waals surface area contributed by atoms with E-state index < -0.39 is 0 Å². The van der Waals surface area contributed by atoms with Gasteiger partial charge in [0, 0.05) is 23.5 Å². The number of aldehydes is 1. The normalized spacial score (nSPS) is 19.3. The van der Waals surface area contributed by atoms with E-state index in [1.54, 1.807) is 11.3 Å². The highest BCUT2D eigenvalue weighted by Crippen LogP contribution is 2.19. The van der Waals surface area contributed by atoms with Gasteiger partial charge in [0.05, 0.1) is 5.01 Å². The fourth-order valence-electron chi connectivity index (χ4n) is 1.95. The number of likely N-dealkylation sites (tertiary alicyclic amines) is 1. The van der Waals surface area contributed by atoms with Gasteiger partial charge < -0.3 is 4.79 Å². The third kappa shape index (κ3) is 2.86. The van der Waals surface area contributed by atoms with Crippen molar-refractivity contribution in [2.75, 3.05) is 13.1 Å². The van der Waals surface area contributed by atoms with Crippen molar-refractivity contribution >= 4 is 17.6 Å². The zero-order valence-corrected chi connectivity index (χ0v) is 9.80. The molecule has 1 aromatic heterocycles. The molecule has 0 aromatic carbocycles. The maximum Gasteiger partial charge on any atom is 0.123 e. The number of rotatable bonds is 3. The Labute approximate surface area is 94.1 Å². The highest BCUT2D eigenvalue weighted by molar-refractivity contribution is 7.11. The largest absolute Gasteiger partial charge is 0.303 e. The maximum atomic E-state index is 10.6. The number of hydrogen-bond acceptors (Lipinski definition) is 4. The molecular formula is C11H16N2OS. The van der Waals surface area contributed by atoms with E-state index in [-0.39, 0.29) is 0 Å². The number of carbonyl (C=O) groups excluding carboxylic acids is 1. The van der Waals surface area contributed by atoms with Crippen molar-refractivity contribution in [2.24, 2.45) is 5.92 Å². The molecular weight excluding hydrogens is 208 g/mol. The second-order valence-electron chi connectivity index (χ2n) is 4.10. The molecule has 1 aliphatic rings. The van der Waals surface area contributed by atoms with E-state index in [9.17, 15) is 4.79 Å². The van der Waals surface area contributed by atoms with Crippen molar-refractivity contribution < 1.29 is 4.79 Å². The van der Waals surface area contributed by atoms with Gasteiger partial charge in [-0.3, -0.25) is 4.90 Å². The van der Waals surface area contributed by atoms with Crippen molar-refractivity contribution in [1.29, 1.82) is 0 Å². The smallest absolute Gasteiger partial charge is 0.123 e. The number of aryl methyl sites for hydroxylation is 1. The summed E-state index contributed by atoms with van der Waals surface area (Å²) in [5.74, 6) is 0.296. The molecule has 0 unspecified atom stereocenters. The average molecular weight is 224 g/mol. The number of thiazole rings is 1. The van der Waals surface area contributed by atoms with Gasteiger partial charge in [0.15, 0.2) is 0 Å². The summed E-state index contributed by atoms with van der Waals surface area (Å²) in [5, 5.41) is 1.13. The van der Waals surface area contributed by atoms with Gasteiger partial charge in [0.25, 0.3) is 0 Å². The second kappa shape index (κ2) is 4.86. The van der Waals surface area contributed by atoms with Crippen molar-refractivity contribution in [2.45, 2.75) is 26.3 Å². The van der Waals surface area contributed by atoms with Crippen LogP contribution in [0, 0.1) is 12.8 Å². The van der Waals surface area contributed by atoms with Crippen LogP contribution >= 0.6 is 11.3 Å². The zero-order chi connectivity index (χ0) is 10.7. The minimum atomic E-state index is 0.296. The minimum Gasteiger partial charge on any atom is -0.303 e. The maximum absolute atomic E-state index is 10.6. The van der Waals surface area contributed by atoms with E-state index >= 15 is 0 Å². The van der Waals surface area contributed by atoms with Crippen LogP contribution in [-0.4, -0.2) is 29.3 Å². The summed E-state index contributed by atoms with van der Waals surface area (Å²) in [6.07, 6.45) is 5.10. The van der Waals surface area contributed by atoms with Gasteiger partial charge in [0.1, 0.15) is 6.29 Å². The first-order chi connectivity index (χ1) is 7.28. The quantitative estimate of drug-likeness (QED) is 0.735. The van der Waals surface area contributed by atoms with Gasteiger partial charge in [-0.15, -0.1) is 11.3 Å². The number of aromatic nitrogens is 1. The van der Waals surface area contributed by atoms with Crippen LogP contribution in [0.15, 0.2) is 6.20 Å². The topological polar surface area (TPSA) is 33.2 Å². The second-order valence-corrected chi connectivity index (χ2v) is 5.41. The Kier molecular flexibility index (Phi) is 3.49. The van der Waals surface area contributed by atoms with E-state index in [2.05, 4.69) is 9.88 Å². The van der Waals surface area contributed by atoms with E-state index in [4.69, 9.17) is 0 Å². The summed E-state index contributed by atoms with van der Waals surface area (Å²) < 4.78 is 0. The molecule has 4 heteroatoms. The van der Waals surface area contributed by atoms with Gasteiger partial charge in [-0.25, -0.2) is 4.98 Å². The molecule has 0 amide bonds. The number of piperidine rings is 1. The Morgan fingerprint density at radius 1 is 1.60 bits per heavy atom. The van der Waals surface area contributed by atoms with Crippen molar-refractivity contribution in [3.05, 3.63) is 16.1 Å². The first-order valence-electron chi connectivity index (χ1n) is 5.37. The number of carbonyl (C=O) groups is 1. The molecule has 15 heavy (non-hydrogen) atoms. The summed E-state index contributed by atoms with van der Waals surface area (Å²) in [6.45, 7) is 5.12. The molecule has 1 aromatic rings. The van der Waals surface area contributed by atoms with Crippen LogP contribution in [0.3, 0.4) is 0 Å². The fourth-order valence-corrected chi connectivity index (χ4v) is 2.78. The molecule has 82 valence electrons. The monoisotopic (exact) mass is 224 g/mol. The Hall–Kier alpha value is -0.740. The van der Waals surface area contributed by atoms with Crippen LogP contribution in [0.5, 0.6) is 0 Å². The standard InChI is InChI=1S/C11H16N2OS/c1-9-12-6-11(15-9)7-13-4-2-10(8-14)3-5-13/h6,8,10H,2-5,7H2,1H3. The lowest BCUT2D eigenvalue weighted by Crippen LogP contribution is -2.33. The predicted octanol–water partition coefficient (Wildman–Crippen LogP) is 1.86. The SMILES string of the molecule is Cc1ncc(CN2CCC(C=O)CC2)s1. The van der Waals surface area contributed by atoms with Crippen LogP contribution in [0.4, 0.5) is 0 Å². The van der Waals surface area contributed by atoms with Crippen LogP contribution in [0.2, 0.25) is 0 Å². The van der Waals surface area contributed by atoms with Gasteiger partial charge in [0.2, 0.25) is 0 Å². The molecule has 0 spiro atoms. The molecule has 0 saturated carbocycles. The lowest BCUT2D eigenvalue weighted by Gasteiger charge is -2.28. The van der Waals surface area contributed by atoms with Crippen LogP contribution in [0.25, 0.3) is 0 Å². The molecule has 0 atom stereocenters. The van der Waals surface area contributed by atoms with Gasteiger partial charge >= 0.3 is 0 Å². The number of hydrogen-bond donors (Lipinski definition) is 0. The molecule has 1 aliphatic heterocycles. The molecule has 3 nitrogen and oxygen atoms in total. The molecule has 1 fully saturated rings. The van der Waals surface area contributed by atoms with Gasteiger partial charge in [-0.05, 0) is 32.9 Å². The Morgan fingerprint density at radius 2 is 2.33 bits per heavy atom. The van der Waals surface area contributed by atoms with Crippen molar-refractivity contribution in [3.8, 4) is 0 Å². The molecule has 2 rings (SSSR count). The highest BCUT2D eigenvalue weighted by atomic mass is 32.1. The van der Waals surface area contributed by atoms with Crippen LogP contribution in [0.1, 0.15) is 22.7 Å². The van der Waals surface area contributed by atoms with Crippen molar-refractivity contribution in [1.82, 2.24) is 9.88 Å². The molecule has 2 heterocycles. The van der Waals surface area contributed by atoms with E-state index in [0.717, 1.165) is 43.8 Å². The predicted molar refractivity (Wildman–Crippen MR) is 60.9 cm³/mol. The Balaban J connectivity index is 1.84. The van der Waals surface area contributed by atoms with Crippen LogP contribution < -0.4 is 0 Å². The average Bonchev–Trinajstić information content (AvgIpc) is 2.65. The summed E-state index contributed by atoms with van der Waals surface area (Å²) in [6, 6.07) is 0. The third-order valence-corrected chi connectivity index (χ3v) is 3.77. The Morgan fingerprint density at radius 3 is 2.87 bits per heavy atom. The van der Waals surface area contributed by atoms with E-state index in [1.165, 1.54) is 4.88 Å². The van der Waals surface area contributed by atoms with E-state index in [1.807, 2.05) is 13.1 Å². The van der Waals surface area contributed by atoms with Crippen LogP contribution in [-0.2, 0) is 11.3 Å². The van der Waals surface area contributed by atoms with Gasteiger partial charge in [-0.1, -0.05) is 0 Å². The summed E-state index contributed by atoms with van der Waals surface area (Å²) >= 11 is 1.77. The molecule has 0 N–H and O–H groups in total. The number of nitrogens with zero attached hydrogens (tertiary/aromatic N) is 2. The summed E-state index contributed by atoms with van der Waals surface area (Å²) in [5.41, 5.74) is 0. The first kappa shape index (κ1) is 10.8. The molecule has 0 aliphatic carbocycles. The fraction of sp³-hybridized carbons (Fsp3) is 0.636. The van der Waals surface area contributed by atoms with Gasteiger partial charge in [-0.2, -0.15) is 0 Å². The lowest BCUT2D eigenvalue weighted by molar-refractivity contribution is -0.112. The van der Waals surface area contributed by atoms with E-state index in [0.29, 0.717) is 5.92 Å². The molecule has 0 radical (unpaired) electrons. The first-order valence-corrected chi connectivity index (χ1v) is 6.18. The summed E-state index contributed by atoms with van der Waals surface area (Å²) in [4.78, 5) is 18.6. The molecule has 0 bridgehead atoms. The zero-order valence-electron chi connectivity index (χ0n) is 8.98. The Bertz CT molecular complexity index is 329. The highest BCUT2D eigenvalue weighted by Gasteiger charge is 2.18.